The Labute approximate surface area is 84.0 Å². The van der Waals surface area contributed by atoms with Crippen molar-refractivity contribution < 1.29 is 9.53 Å². The van der Waals surface area contributed by atoms with E-state index >= 15 is 0 Å². The van der Waals surface area contributed by atoms with Crippen molar-refractivity contribution in [3.8, 4) is 0 Å². The Hall–Kier alpha value is -0.280. The van der Waals surface area contributed by atoms with Crippen LogP contribution in [0.4, 0.5) is 0 Å². The Morgan fingerprint density at radius 3 is 2.92 bits per heavy atom. The molecule has 1 saturated heterocycles. The van der Waals surface area contributed by atoms with Crippen molar-refractivity contribution in [1.82, 2.24) is 4.90 Å². The molecule has 0 saturated carbocycles. The first-order valence-electron chi connectivity index (χ1n) is 4.66. The third kappa shape index (κ3) is 2.58. The summed E-state index contributed by atoms with van der Waals surface area (Å²) in [5, 5.41) is 0. The minimum absolute atomic E-state index is 0.00775. The normalized spacial score (nSPS) is 29.0. The second-order valence-electron chi connectivity index (χ2n) is 3.36. The first kappa shape index (κ1) is 10.8. The van der Waals surface area contributed by atoms with E-state index in [2.05, 4.69) is 0 Å². The molecule has 0 bridgehead atoms. The number of nitrogens with zero attached hydrogens (tertiary/aromatic N) is 1. The lowest BCUT2D eigenvalue weighted by Crippen LogP contribution is -2.51. The standard InChI is InChI=1S/C9H16ClNO2/c1-3-9(12)11-5-8(4-10)13-6-7(11)2/h7-8H,3-6H2,1-2H3. The summed E-state index contributed by atoms with van der Waals surface area (Å²) >= 11 is 5.68. The van der Waals surface area contributed by atoms with Crippen LogP contribution >= 0.6 is 11.6 Å². The molecule has 0 aromatic rings. The second-order valence-corrected chi connectivity index (χ2v) is 3.67. The minimum Gasteiger partial charge on any atom is -0.373 e. The maximum atomic E-state index is 11.5. The van der Waals surface area contributed by atoms with E-state index in [-0.39, 0.29) is 18.1 Å². The number of rotatable bonds is 2. The van der Waals surface area contributed by atoms with Crippen molar-refractivity contribution in [2.24, 2.45) is 0 Å². The van der Waals surface area contributed by atoms with E-state index in [4.69, 9.17) is 16.3 Å². The van der Waals surface area contributed by atoms with Gasteiger partial charge >= 0.3 is 0 Å². The van der Waals surface area contributed by atoms with Gasteiger partial charge in [-0.3, -0.25) is 4.79 Å². The van der Waals surface area contributed by atoms with Crippen LogP contribution in [0.1, 0.15) is 20.3 Å². The van der Waals surface area contributed by atoms with Gasteiger partial charge < -0.3 is 9.64 Å². The molecule has 1 rings (SSSR count). The SMILES string of the molecule is CCC(=O)N1CC(CCl)OCC1C. The fourth-order valence-corrected chi connectivity index (χ4v) is 1.65. The van der Waals surface area contributed by atoms with Gasteiger partial charge in [0.1, 0.15) is 0 Å². The first-order valence-corrected chi connectivity index (χ1v) is 5.19. The Morgan fingerprint density at radius 2 is 2.38 bits per heavy atom. The number of morpholine rings is 1. The van der Waals surface area contributed by atoms with Crippen LogP contribution in [-0.4, -0.2) is 42.0 Å². The quantitative estimate of drug-likeness (QED) is 0.636. The number of carbonyl (C=O) groups is 1. The lowest BCUT2D eigenvalue weighted by Gasteiger charge is -2.37. The first-order chi connectivity index (χ1) is 6.19. The summed E-state index contributed by atoms with van der Waals surface area (Å²) in [6.07, 6.45) is 0.563. The Kier molecular flexibility index (Phi) is 4.00. The fraction of sp³-hybridized carbons (Fsp3) is 0.889. The molecule has 1 heterocycles. The van der Waals surface area contributed by atoms with Crippen LogP contribution in [-0.2, 0) is 9.53 Å². The van der Waals surface area contributed by atoms with Crippen LogP contribution in [0.3, 0.4) is 0 Å². The van der Waals surface area contributed by atoms with Gasteiger partial charge in [0.2, 0.25) is 5.91 Å². The Balaban J connectivity index is 2.54. The van der Waals surface area contributed by atoms with E-state index < -0.39 is 0 Å². The molecule has 3 nitrogen and oxygen atoms in total. The molecule has 0 aliphatic carbocycles. The van der Waals surface area contributed by atoms with Gasteiger partial charge in [-0.25, -0.2) is 0 Å². The molecule has 1 amide bonds. The average Bonchev–Trinajstić information content (AvgIpc) is 2.17. The number of hydrogen-bond acceptors (Lipinski definition) is 2. The maximum absolute atomic E-state index is 11.5. The number of ether oxygens (including phenoxy) is 1. The summed E-state index contributed by atoms with van der Waals surface area (Å²) in [6, 6.07) is 0.187. The molecule has 0 N–H and O–H groups in total. The largest absolute Gasteiger partial charge is 0.373 e. The molecule has 76 valence electrons. The minimum atomic E-state index is 0.00775. The van der Waals surface area contributed by atoms with Crippen molar-refractivity contribution >= 4 is 17.5 Å². The highest BCUT2D eigenvalue weighted by Gasteiger charge is 2.27. The highest BCUT2D eigenvalue weighted by Crippen LogP contribution is 2.13. The van der Waals surface area contributed by atoms with Gasteiger partial charge in [0.05, 0.1) is 24.6 Å². The van der Waals surface area contributed by atoms with E-state index in [1.165, 1.54) is 0 Å². The Bertz CT molecular complexity index is 186. The molecule has 1 aliphatic rings. The summed E-state index contributed by atoms with van der Waals surface area (Å²) in [5.41, 5.74) is 0. The number of amides is 1. The topological polar surface area (TPSA) is 29.5 Å². The smallest absolute Gasteiger partial charge is 0.222 e. The zero-order valence-corrected chi connectivity index (χ0v) is 8.88. The van der Waals surface area contributed by atoms with E-state index in [1.807, 2.05) is 18.7 Å². The molecule has 0 spiro atoms. The highest BCUT2D eigenvalue weighted by atomic mass is 35.5. The van der Waals surface area contributed by atoms with Crippen LogP contribution in [0, 0.1) is 0 Å². The third-order valence-electron chi connectivity index (χ3n) is 2.30. The van der Waals surface area contributed by atoms with E-state index in [9.17, 15) is 4.79 Å². The zero-order chi connectivity index (χ0) is 9.84. The van der Waals surface area contributed by atoms with Crippen molar-refractivity contribution in [2.75, 3.05) is 19.0 Å². The van der Waals surface area contributed by atoms with Crippen LogP contribution in [0.15, 0.2) is 0 Å². The van der Waals surface area contributed by atoms with Crippen molar-refractivity contribution in [2.45, 2.75) is 32.4 Å². The van der Waals surface area contributed by atoms with Gasteiger partial charge in [0, 0.05) is 13.0 Å². The van der Waals surface area contributed by atoms with Gasteiger partial charge in [-0.1, -0.05) is 6.92 Å². The van der Waals surface area contributed by atoms with Gasteiger partial charge in [-0.15, -0.1) is 11.6 Å². The molecule has 1 aliphatic heterocycles. The number of alkyl halides is 1. The monoisotopic (exact) mass is 205 g/mol. The van der Waals surface area contributed by atoms with Gasteiger partial charge in [0.15, 0.2) is 0 Å². The van der Waals surface area contributed by atoms with E-state index in [0.29, 0.717) is 25.5 Å². The molecule has 0 aromatic heterocycles. The number of halogens is 1. The summed E-state index contributed by atoms with van der Waals surface area (Å²) < 4.78 is 5.44. The molecular weight excluding hydrogens is 190 g/mol. The molecule has 1 fully saturated rings. The summed E-state index contributed by atoms with van der Waals surface area (Å²) in [5.74, 6) is 0.645. The molecule has 0 aromatic carbocycles. The average molecular weight is 206 g/mol. The van der Waals surface area contributed by atoms with Crippen molar-refractivity contribution in [3.63, 3.8) is 0 Å². The highest BCUT2D eigenvalue weighted by molar-refractivity contribution is 6.18. The summed E-state index contributed by atoms with van der Waals surface area (Å²) in [6.45, 7) is 5.11. The molecule has 2 atom stereocenters. The number of hydrogen-bond donors (Lipinski definition) is 0. The predicted molar refractivity (Wildman–Crippen MR) is 51.9 cm³/mol. The molecule has 0 radical (unpaired) electrons. The van der Waals surface area contributed by atoms with Crippen molar-refractivity contribution in [3.05, 3.63) is 0 Å². The molecular formula is C9H16ClNO2. The summed E-state index contributed by atoms with van der Waals surface area (Å²) in [7, 11) is 0. The number of carbonyl (C=O) groups excluding carboxylic acids is 1. The van der Waals surface area contributed by atoms with Crippen LogP contribution in [0.5, 0.6) is 0 Å². The van der Waals surface area contributed by atoms with Crippen LogP contribution in [0.2, 0.25) is 0 Å². The molecule has 4 heteroatoms. The second kappa shape index (κ2) is 4.82. The van der Waals surface area contributed by atoms with Gasteiger partial charge in [-0.05, 0) is 6.92 Å². The van der Waals surface area contributed by atoms with Gasteiger partial charge in [0.25, 0.3) is 0 Å². The van der Waals surface area contributed by atoms with Crippen LogP contribution in [0.25, 0.3) is 0 Å². The zero-order valence-electron chi connectivity index (χ0n) is 8.12. The molecule has 2 unspecified atom stereocenters. The van der Waals surface area contributed by atoms with Gasteiger partial charge in [-0.2, -0.15) is 0 Å². The maximum Gasteiger partial charge on any atom is 0.222 e. The Morgan fingerprint density at radius 1 is 1.69 bits per heavy atom. The van der Waals surface area contributed by atoms with Crippen LogP contribution < -0.4 is 0 Å². The lowest BCUT2D eigenvalue weighted by atomic mass is 10.2. The lowest BCUT2D eigenvalue weighted by molar-refractivity contribution is -0.142. The predicted octanol–water partition coefficient (Wildman–Crippen LogP) is 1.25. The summed E-state index contributed by atoms with van der Waals surface area (Å²) in [4.78, 5) is 13.3. The van der Waals surface area contributed by atoms with E-state index in [0.717, 1.165) is 0 Å². The van der Waals surface area contributed by atoms with Crippen molar-refractivity contribution in [1.29, 1.82) is 0 Å². The third-order valence-corrected chi connectivity index (χ3v) is 2.64. The fourth-order valence-electron chi connectivity index (χ4n) is 1.46. The van der Waals surface area contributed by atoms with E-state index in [1.54, 1.807) is 0 Å². The molecule has 13 heavy (non-hydrogen) atoms.